The molecule has 0 spiro atoms. The lowest BCUT2D eigenvalue weighted by atomic mass is 10.3. The zero-order valence-electron chi connectivity index (χ0n) is 15.3. The van der Waals surface area contributed by atoms with E-state index < -0.39 is 0 Å². The van der Waals surface area contributed by atoms with Crippen LogP contribution in [0, 0.1) is 0 Å². The molecule has 3 heterocycles. The van der Waals surface area contributed by atoms with Crippen LogP contribution in [-0.4, -0.2) is 32.7 Å². The van der Waals surface area contributed by atoms with Gasteiger partial charge in [0.05, 0.1) is 17.7 Å². The molecular formula is C20H21N5OS. The normalized spacial score (nSPS) is 11.2. The van der Waals surface area contributed by atoms with E-state index >= 15 is 0 Å². The second kappa shape index (κ2) is 7.75. The lowest BCUT2D eigenvalue weighted by molar-refractivity contribution is 0.333. The number of anilines is 1. The summed E-state index contributed by atoms with van der Waals surface area (Å²) in [5.41, 5.74) is 1.62. The first kappa shape index (κ1) is 17.5. The van der Waals surface area contributed by atoms with Crippen LogP contribution in [0.4, 0.5) is 5.82 Å². The predicted octanol–water partition coefficient (Wildman–Crippen LogP) is 4.63. The van der Waals surface area contributed by atoms with E-state index in [1.165, 1.54) is 0 Å². The minimum atomic E-state index is 0.273. The van der Waals surface area contributed by atoms with Gasteiger partial charge in [0.25, 0.3) is 0 Å². The number of imidazole rings is 1. The lowest BCUT2D eigenvalue weighted by Crippen LogP contribution is -2.13. The third-order valence-electron chi connectivity index (χ3n) is 4.13. The van der Waals surface area contributed by atoms with Crippen molar-refractivity contribution in [3.8, 4) is 16.5 Å². The van der Waals surface area contributed by atoms with Gasteiger partial charge in [-0.3, -0.25) is 0 Å². The molecule has 7 heteroatoms. The highest BCUT2D eigenvalue weighted by molar-refractivity contribution is 7.13. The summed E-state index contributed by atoms with van der Waals surface area (Å²) in [5, 5.41) is 5.40. The van der Waals surface area contributed by atoms with Crippen LogP contribution in [0.1, 0.15) is 19.9 Å². The van der Waals surface area contributed by atoms with Crippen LogP contribution >= 0.6 is 11.3 Å². The van der Waals surface area contributed by atoms with E-state index in [4.69, 9.17) is 14.7 Å². The summed E-state index contributed by atoms with van der Waals surface area (Å²) >= 11 is 1.63. The Balaban J connectivity index is 1.58. The fourth-order valence-corrected chi connectivity index (χ4v) is 3.45. The Morgan fingerprint density at radius 1 is 1.11 bits per heavy atom. The summed E-state index contributed by atoms with van der Waals surface area (Å²) in [5.74, 6) is 2.31. The first-order valence-corrected chi connectivity index (χ1v) is 9.80. The fourth-order valence-electron chi connectivity index (χ4n) is 2.79. The lowest BCUT2D eigenvalue weighted by Gasteiger charge is -2.11. The maximum Gasteiger partial charge on any atom is 0.173 e. The van der Waals surface area contributed by atoms with E-state index in [0.29, 0.717) is 19.0 Å². The SMILES string of the molecule is CC(C)n1cnc2c(NCCOc3ccccc3)nc(-c3cccs3)nc21. The molecule has 138 valence electrons. The summed E-state index contributed by atoms with van der Waals surface area (Å²) in [7, 11) is 0. The summed E-state index contributed by atoms with van der Waals surface area (Å²) in [6.45, 7) is 5.40. The van der Waals surface area contributed by atoms with Crippen LogP contribution in [0.3, 0.4) is 0 Å². The third kappa shape index (κ3) is 3.78. The molecule has 3 aromatic heterocycles. The number of benzene rings is 1. The second-order valence-electron chi connectivity index (χ2n) is 6.38. The molecule has 0 saturated heterocycles. The van der Waals surface area contributed by atoms with Gasteiger partial charge in [-0.25, -0.2) is 15.0 Å². The Morgan fingerprint density at radius 3 is 2.70 bits per heavy atom. The van der Waals surface area contributed by atoms with Crippen LogP contribution in [0.5, 0.6) is 5.75 Å². The number of fused-ring (bicyclic) bond motifs is 1. The molecule has 0 saturated carbocycles. The van der Waals surface area contributed by atoms with Crippen molar-refractivity contribution < 1.29 is 4.74 Å². The molecule has 0 unspecified atom stereocenters. The molecule has 4 rings (SSSR count). The Morgan fingerprint density at radius 2 is 1.96 bits per heavy atom. The van der Waals surface area contributed by atoms with E-state index in [2.05, 4.69) is 28.7 Å². The highest BCUT2D eigenvalue weighted by Gasteiger charge is 2.16. The zero-order valence-corrected chi connectivity index (χ0v) is 16.1. The molecular weight excluding hydrogens is 358 g/mol. The van der Waals surface area contributed by atoms with Crippen molar-refractivity contribution in [3.05, 3.63) is 54.2 Å². The number of hydrogen-bond acceptors (Lipinski definition) is 6. The second-order valence-corrected chi connectivity index (χ2v) is 7.33. The van der Waals surface area contributed by atoms with Crippen molar-refractivity contribution in [2.45, 2.75) is 19.9 Å². The Labute approximate surface area is 161 Å². The predicted molar refractivity (Wildman–Crippen MR) is 109 cm³/mol. The van der Waals surface area contributed by atoms with E-state index in [1.54, 1.807) is 11.3 Å². The first-order valence-electron chi connectivity index (χ1n) is 8.92. The van der Waals surface area contributed by atoms with Crippen molar-refractivity contribution in [2.24, 2.45) is 0 Å². The van der Waals surface area contributed by atoms with Gasteiger partial charge in [-0.15, -0.1) is 11.3 Å². The standard InChI is InChI=1S/C20H21N5OS/c1-14(2)25-13-22-17-19(21-10-11-26-15-7-4-3-5-8-15)23-18(24-20(17)25)16-9-6-12-27-16/h3-9,12-14H,10-11H2,1-2H3,(H,21,23,24). The van der Waals surface area contributed by atoms with Gasteiger partial charge in [0.2, 0.25) is 0 Å². The van der Waals surface area contributed by atoms with Gasteiger partial charge < -0.3 is 14.6 Å². The van der Waals surface area contributed by atoms with Gasteiger partial charge in [0, 0.05) is 6.04 Å². The molecule has 0 aliphatic rings. The van der Waals surface area contributed by atoms with Gasteiger partial charge in [-0.1, -0.05) is 24.3 Å². The number of hydrogen-bond donors (Lipinski definition) is 1. The Bertz CT molecular complexity index is 1010. The molecule has 0 bridgehead atoms. The molecule has 0 radical (unpaired) electrons. The van der Waals surface area contributed by atoms with Gasteiger partial charge in [0.15, 0.2) is 17.3 Å². The number of nitrogens with zero attached hydrogens (tertiary/aromatic N) is 4. The average Bonchev–Trinajstić information content (AvgIpc) is 3.35. The maximum absolute atomic E-state index is 5.76. The van der Waals surface area contributed by atoms with Crippen LogP contribution in [-0.2, 0) is 0 Å². The Kier molecular flexibility index (Phi) is 5.02. The van der Waals surface area contributed by atoms with Crippen molar-refractivity contribution in [3.63, 3.8) is 0 Å². The highest BCUT2D eigenvalue weighted by Crippen LogP contribution is 2.28. The van der Waals surface area contributed by atoms with Crippen molar-refractivity contribution in [1.82, 2.24) is 19.5 Å². The van der Waals surface area contributed by atoms with E-state index in [1.807, 2.05) is 54.2 Å². The minimum absolute atomic E-state index is 0.273. The topological polar surface area (TPSA) is 64.9 Å². The molecule has 0 atom stereocenters. The van der Waals surface area contributed by atoms with E-state index in [9.17, 15) is 0 Å². The van der Waals surface area contributed by atoms with Gasteiger partial charge in [-0.05, 0) is 37.4 Å². The zero-order chi connectivity index (χ0) is 18.6. The quantitative estimate of drug-likeness (QED) is 0.474. The number of nitrogens with one attached hydrogen (secondary N) is 1. The van der Waals surface area contributed by atoms with Gasteiger partial charge >= 0.3 is 0 Å². The third-order valence-corrected chi connectivity index (χ3v) is 4.99. The molecule has 0 fully saturated rings. The largest absolute Gasteiger partial charge is 0.492 e. The number of ether oxygens (including phenoxy) is 1. The molecule has 1 N–H and O–H groups in total. The fraction of sp³-hybridized carbons (Fsp3) is 0.250. The summed E-state index contributed by atoms with van der Waals surface area (Å²) in [4.78, 5) is 15.1. The van der Waals surface area contributed by atoms with Gasteiger partial charge in [-0.2, -0.15) is 0 Å². The molecule has 6 nitrogen and oxygen atoms in total. The highest BCUT2D eigenvalue weighted by atomic mass is 32.1. The monoisotopic (exact) mass is 379 g/mol. The maximum atomic E-state index is 5.76. The van der Waals surface area contributed by atoms with Crippen molar-refractivity contribution in [2.75, 3.05) is 18.5 Å². The van der Waals surface area contributed by atoms with Crippen LogP contribution in [0.2, 0.25) is 0 Å². The van der Waals surface area contributed by atoms with E-state index in [0.717, 1.165) is 27.6 Å². The average molecular weight is 379 g/mol. The molecule has 27 heavy (non-hydrogen) atoms. The summed E-state index contributed by atoms with van der Waals surface area (Å²) in [6, 6.07) is 14.1. The number of rotatable bonds is 7. The molecule has 1 aromatic carbocycles. The Hall–Kier alpha value is -2.93. The van der Waals surface area contributed by atoms with Crippen LogP contribution in [0.15, 0.2) is 54.2 Å². The number of thiophene rings is 1. The molecule has 4 aromatic rings. The minimum Gasteiger partial charge on any atom is -0.492 e. The van der Waals surface area contributed by atoms with Crippen LogP contribution < -0.4 is 10.1 Å². The summed E-state index contributed by atoms with van der Waals surface area (Å²) < 4.78 is 7.83. The van der Waals surface area contributed by atoms with E-state index in [-0.39, 0.29) is 6.04 Å². The van der Waals surface area contributed by atoms with Gasteiger partial charge in [0.1, 0.15) is 17.9 Å². The van der Waals surface area contributed by atoms with Crippen molar-refractivity contribution >= 4 is 28.3 Å². The van der Waals surface area contributed by atoms with Crippen LogP contribution in [0.25, 0.3) is 21.9 Å². The molecule has 0 aliphatic carbocycles. The smallest absolute Gasteiger partial charge is 0.173 e. The number of aromatic nitrogens is 4. The van der Waals surface area contributed by atoms with Crippen molar-refractivity contribution in [1.29, 1.82) is 0 Å². The molecule has 0 aliphatic heterocycles. The number of para-hydroxylation sites is 1. The first-order chi connectivity index (χ1) is 13.2. The summed E-state index contributed by atoms with van der Waals surface area (Å²) in [6.07, 6.45) is 1.83. The molecule has 0 amide bonds.